The van der Waals surface area contributed by atoms with Crippen molar-refractivity contribution in [1.82, 2.24) is 5.32 Å². The molecule has 0 saturated heterocycles. The van der Waals surface area contributed by atoms with Crippen LogP contribution in [0.25, 0.3) is 0 Å². The summed E-state index contributed by atoms with van der Waals surface area (Å²) in [6.07, 6.45) is 1.08. The lowest BCUT2D eigenvalue weighted by Crippen LogP contribution is -2.21. The Bertz CT molecular complexity index is 507. The number of methoxy groups -OCH3 is 1. The summed E-state index contributed by atoms with van der Waals surface area (Å²) < 4.78 is 5.44. The average molecular weight is 275 g/mol. The third kappa shape index (κ3) is 3.82. The molecule has 0 spiro atoms. The first kappa shape index (κ1) is 14.1. The molecule has 1 atom stereocenters. The zero-order valence-electron chi connectivity index (χ0n) is 11.8. The molecule has 0 aliphatic heterocycles. The minimum absolute atomic E-state index is 0.301. The molecule has 2 nitrogen and oxygen atoms in total. The van der Waals surface area contributed by atoms with Crippen LogP contribution in [0.15, 0.2) is 35.7 Å². The highest BCUT2D eigenvalue weighted by Gasteiger charge is 2.10. The first-order chi connectivity index (χ1) is 9.20. The monoisotopic (exact) mass is 275 g/mol. The molecule has 0 aliphatic carbocycles. The average Bonchev–Trinajstić information content (AvgIpc) is 2.91. The number of nitrogens with one attached hydrogen (secondary N) is 1. The van der Waals surface area contributed by atoms with Gasteiger partial charge in [-0.05, 0) is 37.8 Å². The van der Waals surface area contributed by atoms with Crippen LogP contribution >= 0.6 is 11.3 Å². The van der Waals surface area contributed by atoms with Gasteiger partial charge in [0, 0.05) is 23.0 Å². The topological polar surface area (TPSA) is 21.3 Å². The maximum atomic E-state index is 5.44. The predicted molar refractivity (Wildman–Crippen MR) is 82.2 cm³/mol. The normalized spacial score (nSPS) is 12.4. The molecule has 0 bridgehead atoms. The summed E-state index contributed by atoms with van der Waals surface area (Å²) in [5, 5.41) is 5.69. The van der Waals surface area contributed by atoms with E-state index in [-0.39, 0.29) is 0 Å². The summed E-state index contributed by atoms with van der Waals surface area (Å²) in [6, 6.07) is 10.9. The van der Waals surface area contributed by atoms with Crippen LogP contribution in [0, 0.1) is 6.92 Å². The van der Waals surface area contributed by atoms with Gasteiger partial charge in [-0.15, -0.1) is 11.3 Å². The lowest BCUT2D eigenvalue weighted by Gasteiger charge is -2.17. The highest BCUT2D eigenvalue weighted by atomic mass is 32.1. The third-order valence-corrected chi connectivity index (χ3v) is 4.19. The van der Waals surface area contributed by atoms with Crippen molar-refractivity contribution in [3.8, 4) is 5.75 Å². The van der Waals surface area contributed by atoms with Crippen molar-refractivity contribution in [1.29, 1.82) is 0 Å². The van der Waals surface area contributed by atoms with Gasteiger partial charge in [0.25, 0.3) is 0 Å². The van der Waals surface area contributed by atoms with E-state index < -0.39 is 0 Å². The van der Waals surface area contributed by atoms with Crippen molar-refractivity contribution < 1.29 is 4.74 Å². The van der Waals surface area contributed by atoms with Gasteiger partial charge in [-0.25, -0.2) is 0 Å². The lowest BCUT2D eigenvalue weighted by atomic mass is 10.0. The number of aryl methyl sites for hydroxylation is 1. The molecule has 0 amide bonds. The number of hydrogen-bond acceptors (Lipinski definition) is 3. The van der Waals surface area contributed by atoms with Crippen LogP contribution in [0.4, 0.5) is 0 Å². The van der Waals surface area contributed by atoms with E-state index in [0.29, 0.717) is 6.04 Å². The molecule has 0 aliphatic rings. The molecule has 0 radical (unpaired) electrons. The quantitative estimate of drug-likeness (QED) is 0.861. The van der Waals surface area contributed by atoms with Gasteiger partial charge in [-0.3, -0.25) is 0 Å². The van der Waals surface area contributed by atoms with Crippen LogP contribution in [0.3, 0.4) is 0 Å². The minimum atomic E-state index is 0.301. The fourth-order valence-electron chi connectivity index (χ4n) is 2.17. The van der Waals surface area contributed by atoms with Crippen LogP contribution in [0.2, 0.25) is 0 Å². The first-order valence-corrected chi connectivity index (χ1v) is 7.49. The maximum Gasteiger partial charge on any atom is 0.123 e. The predicted octanol–water partition coefficient (Wildman–Crippen LogP) is 3.96. The molecule has 19 heavy (non-hydrogen) atoms. The van der Waals surface area contributed by atoms with Gasteiger partial charge in [0.2, 0.25) is 0 Å². The van der Waals surface area contributed by atoms with Crippen molar-refractivity contribution >= 4 is 11.3 Å². The second kappa shape index (κ2) is 6.73. The first-order valence-electron chi connectivity index (χ1n) is 6.61. The summed E-state index contributed by atoms with van der Waals surface area (Å²) in [5.74, 6) is 0.960. The molecule has 0 fully saturated rings. The van der Waals surface area contributed by atoms with E-state index in [1.165, 1.54) is 16.0 Å². The van der Waals surface area contributed by atoms with Crippen molar-refractivity contribution in [3.05, 3.63) is 51.7 Å². The number of benzene rings is 1. The number of ether oxygens (including phenoxy) is 1. The van der Waals surface area contributed by atoms with Gasteiger partial charge in [0.05, 0.1) is 7.11 Å². The van der Waals surface area contributed by atoms with Crippen LogP contribution in [-0.2, 0) is 6.42 Å². The molecule has 1 aromatic heterocycles. The smallest absolute Gasteiger partial charge is 0.123 e. The van der Waals surface area contributed by atoms with E-state index in [9.17, 15) is 0 Å². The van der Waals surface area contributed by atoms with Gasteiger partial charge in [0.1, 0.15) is 5.75 Å². The summed E-state index contributed by atoms with van der Waals surface area (Å²) >= 11 is 1.82. The molecule has 1 unspecified atom stereocenters. The summed E-state index contributed by atoms with van der Waals surface area (Å²) in [7, 11) is 1.73. The van der Waals surface area contributed by atoms with E-state index in [0.717, 1.165) is 18.7 Å². The van der Waals surface area contributed by atoms with E-state index in [1.54, 1.807) is 7.11 Å². The fraction of sp³-hybridized carbons (Fsp3) is 0.375. The standard InChI is InChI=1S/C16H21NOS/c1-12-6-7-16(18-3)15(11-12)13(2)17-9-8-14-5-4-10-19-14/h4-7,10-11,13,17H,8-9H2,1-3H3. The Morgan fingerprint density at radius 3 is 2.84 bits per heavy atom. The van der Waals surface area contributed by atoms with Crippen LogP contribution < -0.4 is 10.1 Å². The van der Waals surface area contributed by atoms with E-state index in [1.807, 2.05) is 17.4 Å². The van der Waals surface area contributed by atoms with Crippen molar-refractivity contribution in [2.45, 2.75) is 26.3 Å². The van der Waals surface area contributed by atoms with E-state index in [4.69, 9.17) is 4.74 Å². The molecule has 2 aromatic rings. The van der Waals surface area contributed by atoms with E-state index >= 15 is 0 Å². The Morgan fingerprint density at radius 2 is 2.16 bits per heavy atom. The largest absolute Gasteiger partial charge is 0.496 e. The molecule has 0 saturated carbocycles. The highest BCUT2D eigenvalue weighted by molar-refractivity contribution is 7.09. The third-order valence-electron chi connectivity index (χ3n) is 3.25. The molecule has 3 heteroatoms. The van der Waals surface area contributed by atoms with Crippen LogP contribution in [-0.4, -0.2) is 13.7 Å². The summed E-state index contributed by atoms with van der Waals surface area (Å²) in [5.41, 5.74) is 2.50. The second-order valence-corrected chi connectivity index (χ2v) is 5.78. The zero-order valence-corrected chi connectivity index (χ0v) is 12.6. The zero-order chi connectivity index (χ0) is 13.7. The Labute approximate surface area is 119 Å². The Morgan fingerprint density at radius 1 is 1.32 bits per heavy atom. The Hall–Kier alpha value is -1.32. The molecular weight excluding hydrogens is 254 g/mol. The number of rotatable bonds is 6. The van der Waals surface area contributed by atoms with Crippen molar-refractivity contribution in [3.63, 3.8) is 0 Å². The maximum absolute atomic E-state index is 5.44. The van der Waals surface area contributed by atoms with Gasteiger partial charge < -0.3 is 10.1 Å². The molecule has 2 rings (SSSR count). The fourth-order valence-corrected chi connectivity index (χ4v) is 2.88. The molecule has 1 heterocycles. The SMILES string of the molecule is COc1ccc(C)cc1C(C)NCCc1cccs1. The molecule has 1 aromatic carbocycles. The van der Waals surface area contributed by atoms with Gasteiger partial charge in [0.15, 0.2) is 0 Å². The van der Waals surface area contributed by atoms with E-state index in [2.05, 4.69) is 48.8 Å². The Balaban J connectivity index is 1.95. The second-order valence-electron chi connectivity index (χ2n) is 4.75. The molecule has 1 N–H and O–H groups in total. The number of thiophene rings is 1. The van der Waals surface area contributed by atoms with Gasteiger partial charge in [-0.1, -0.05) is 23.8 Å². The summed E-state index contributed by atoms with van der Waals surface area (Å²) in [4.78, 5) is 1.43. The summed E-state index contributed by atoms with van der Waals surface area (Å²) in [6.45, 7) is 5.28. The highest BCUT2D eigenvalue weighted by Crippen LogP contribution is 2.26. The number of hydrogen-bond donors (Lipinski definition) is 1. The molecular formula is C16H21NOS. The van der Waals surface area contributed by atoms with Gasteiger partial charge >= 0.3 is 0 Å². The minimum Gasteiger partial charge on any atom is -0.496 e. The van der Waals surface area contributed by atoms with Gasteiger partial charge in [-0.2, -0.15) is 0 Å². The lowest BCUT2D eigenvalue weighted by molar-refractivity contribution is 0.402. The Kier molecular flexibility index (Phi) is 5.00. The molecule has 102 valence electrons. The van der Waals surface area contributed by atoms with Crippen LogP contribution in [0.5, 0.6) is 5.75 Å². The van der Waals surface area contributed by atoms with Crippen molar-refractivity contribution in [2.24, 2.45) is 0 Å². The van der Waals surface area contributed by atoms with Crippen molar-refractivity contribution in [2.75, 3.05) is 13.7 Å². The van der Waals surface area contributed by atoms with Crippen LogP contribution in [0.1, 0.15) is 29.0 Å².